The SMILES string of the molecule is O=c1c(C([O-])=Nc2ccccc2)n[nH]n1-c1ccccc1. The van der Waals surface area contributed by atoms with Gasteiger partial charge in [0.2, 0.25) is 0 Å². The van der Waals surface area contributed by atoms with Crippen molar-refractivity contribution in [2.45, 2.75) is 0 Å². The molecule has 6 nitrogen and oxygen atoms in total. The Balaban J connectivity index is 2.00. The van der Waals surface area contributed by atoms with E-state index in [2.05, 4.69) is 15.3 Å². The van der Waals surface area contributed by atoms with Gasteiger partial charge in [0, 0.05) is 5.90 Å². The minimum atomic E-state index is -0.669. The van der Waals surface area contributed by atoms with Crippen LogP contribution in [0.25, 0.3) is 5.69 Å². The van der Waals surface area contributed by atoms with Crippen LogP contribution in [-0.4, -0.2) is 20.9 Å². The summed E-state index contributed by atoms with van der Waals surface area (Å²) in [5, 5.41) is 18.3. The number of aromatic nitrogens is 3. The molecule has 1 N–H and O–H groups in total. The van der Waals surface area contributed by atoms with Crippen LogP contribution >= 0.6 is 0 Å². The molecule has 3 aromatic rings. The predicted octanol–water partition coefficient (Wildman–Crippen LogP) is 0.999. The van der Waals surface area contributed by atoms with E-state index in [9.17, 15) is 9.90 Å². The largest absolute Gasteiger partial charge is 0.857 e. The van der Waals surface area contributed by atoms with Crippen molar-refractivity contribution in [2.24, 2.45) is 4.99 Å². The molecule has 2 aromatic carbocycles. The summed E-state index contributed by atoms with van der Waals surface area (Å²) in [6, 6.07) is 17.6. The van der Waals surface area contributed by atoms with Gasteiger partial charge in [-0.2, -0.15) is 5.10 Å². The molecule has 0 bridgehead atoms. The van der Waals surface area contributed by atoms with Crippen LogP contribution in [-0.2, 0) is 0 Å². The number of benzene rings is 2. The van der Waals surface area contributed by atoms with Crippen LogP contribution in [0.1, 0.15) is 5.69 Å². The number of aliphatic imine (C=N–C) groups is 1. The number of hydrogen-bond donors (Lipinski definition) is 1. The van der Waals surface area contributed by atoms with Gasteiger partial charge >= 0.3 is 0 Å². The number of nitrogens with zero attached hydrogens (tertiary/aromatic N) is 3. The van der Waals surface area contributed by atoms with Gasteiger partial charge in [0.25, 0.3) is 5.56 Å². The van der Waals surface area contributed by atoms with Crippen LogP contribution in [0.4, 0.5) is 5.69 Å². The van der Waals surface area contributed by atoms with E-state index >= 15 is 0 Å². The third-order valence-electron chi connectivity index (χ3n) is 2.87. The quantitative estimate of drug-likeness (QED) is 0.573. The fourth-order valence-electron chi connectivity index (χ4n) is 1.86. The summed E-state index contributed by atoms with van der Waals surface area (Å²) in [4.78, 5) is 16.1. The molecular formula is C15H11N4O2-. The van der Waals surface area contributed by atoms with Gasteiger partial charge in [-0.3, -0.25) is 9.79 Å². The molecule has 0 radical (unpaired) electrons. The Bertz CT molecular complexity index is 820. The summed E-state index contributed by atoms with van der Waals surface area (Å²) in [5.74, 6) is -0.669. The third kappa shape index (κ3) is 2.59. The Morgan fingerprint density at radius 2 is 1.67 bits per heavy atom. The van der Waals surface area contributed by atoms with Crippen LogP contribution in [0.2, 0.25) is 0 Å². The van der Waals surface area contributed by atoms with Gasteiger partial charge in [-0.1, -0.05) is 36.4 Å². The number of aromatic amines is 1. The number of H-pyrrole nitrogens is 1. The summed E-state index contributed by atoms with van der Waals surface area (Å²) >= 11 is 0. The van der Waals surface area contributed by atoms with Gasteiger partial charge < -0.3 is 5.11 Å². The molecule has 0 aliphatic carbocycles. The fourth-order valence-corrected chi connectivity index (χ4v) is 1.86. The molecule has 21 heavy (non-hydrogen) atoms. The van der Waals surface area contributed by atoms with Gasteiger partial charge in [-0.25, -0.2) is 9.90 Å². The molecule has 104 valence electrons. The van der Waals surface area contributed by atoms with E-state index in [0.717, 1.165) is 0 Å². The Kier molecular flexibility index (Phi) is 3.34. The summed E-state index contributed by atoms with van der Waals surface area (Å²) < 4.78 is 1.20. The molecule has 0 saturated carbocycles. The molecule has 0 fully saturated rings. The molecule has 0 spiro atoms. The maximum Gasteiger partial charge on any atom is 0.299 e. The van der Waals surface area contributed by atoms with Crippen molar-refractivity contribution >= 4 is 11.6 Å². The van der Waals surface area contributed by atoms with Crippen molar-refractivity contribution in [3.05, 3.63) is 76.7 Å². The molecule has 0 amide bonds. The highest BCUT2D eigenvalue weighted by molar-refractivity contribution is 5.90. The zero-order valence-electron chi connectivity index (χ0n) is 10.9. The molecule has 1 heterocycles. The average Bonchev–Trinajstić information content (AvgIpc) is 2.91. The van der Waals surface area contributed by atoms with Crippen molar-refractivity contribution in [1.82, 2.24) is 15.0 Å². The second-order valence-corrected chi connectivity index (χ2v) is 4.29. The van der Waals surface area contributed by atoms with Gasteiger partial charge in [0.1, 0.15) is 0 Å². The van der Waals surface area contributed by atoms with E-state index in [1.807, 2.05) is 12.1 Å². The molecule has 0 unspecified atom stereocenters. The minimum Gasteiger partial charge on any atom is -0.857 e. The standard InChI is InChI=1S/C15H12N4O2/c20-14(16-11-7-3-1-4-8-11)13-15(21)19(18-17-13)12-9-5-2-6-10-12/h1-10,18H,(H,16,20)/p-1. The lowest BCUT2D eigenvalue weighted by atomic mass is 10.3. The number of nitrogens with one attached hydrogen (secondary N) is 1. The van der Waals surface area contributed by atoms with Gasteiger partial charge in [0.05, 0.1) is 11.4 Å². The zero-order chi connectivity index (χ0) is 14.7. The van der Waals surface area contributed by atoms with Crippen molar-refractivity contribution in [2.75, 3.05) is 0 Å². The second-order valence-electron chi connectivity index (χ2n) is 4.29. The first-order chi connectivity index (χ1) is 10.3. The lowest BCUT2D eigenvalue weighted by Gasteiger charge is -2.05. The van der Waals surface area contributed by atoms with Crippen molar-refractivity contribution in [3.8, 4) is 5.69 Å². The summed E-state index contributed by atoms with van der Waals surface area (Å²) in [7, 11) is 0. The van der Waals surface area contributed by atoms with Gasteiger partial charge in [-0.05, 0) is 24.3 Å². The molecule has 0 aliphatic heterocycles. The molecule has 0 aliphatic rings. The number of para-hydroxylation sites is 2. The fraction of sp³-hybridized carbons (Fsp3) is 0. The van der Waals surface area contributed by atoms with Crippen molar-refractivity contribution < 1.29 is 5.11 Å². The van der Waals surface area contributed by atoms with Gasteiger partial charge in [-0.15, -0.1) is 0 Å². The van der Waals surface area contributed by atoms with E-state index in [0.29, 0.717) is 11.4 Å². The van der Waals surface area contributed by atoms with E-state index in [4.69, 9.17) is 0 Å². The van der Waals surface area contributed by atoms with Crippen LogP contribution in [0.15, 0.2) is 70.5 Å². The van der Waals surface area contributed by atoms with Crippen LogP contribution in [0, 0.1) is 0 Å². The Hall–Kier alpha value is -3.15. The first-order valence-electron chi connectivity index (χ1n) is 6.29. The minimum absolute atomic E-state index is 0.234. The van der Waals surface area contributed by atoms with Crippen LogP contribution in [0.3, 0.4) is 0 Å². The van der Waals surface area contributed by atoms with E-state index in [1.54, 1.807) is 48.5 Å². The second kappa shape index (κ2) is 5.46. The van der Waals surface area contributed by atoms with Crippen molar-refractivity contribution in [3.63, 3.8) is 0 Å². The Morgan fingerprint density at radius 1 is 1.05 bits per heavy atom. The molecule has 6 heteroatoms. The number of rotatable bonds is 3. The molecular weight excluding hydrogens is 268 g/mol. The van der Waals surface area contributed by atoms with Crippen LogP contribution < -0.4 is 10.7 Å². The third-order valence-corrected chi connectivity index (χ3v) is 2.87. The molecule has 3 rings (SSSR count). The maximum atomic E-state index is 12.2. The predicted molar refractivity (Wildman–Crippen MR) is 76.8 cm³/mol. The lowest BCUT2D eigenvalue weighted by molar-refractivity contribution is -0.213. The van der Waals surface area contributed by atoms with E-state index in [-0.39, 0.29) is 5.69 Å². The molecule has 0 atom stereocenters. The number of hydrogen-bond acceptors (Lipinski definition) is 4. The maximum absolute atomic E-state index is 12.2. The normalized spacial score (nSPS) is 11.5. The average molecular weight is 279 g/mol. The van der Waals surface area contributed by atoms with E-state index < -0.39 is 11.5 Å². The highest BCUT2D eigenvalue weighted by Crippen LogP contribution is 2.10. The van der Waals surface area contributed by atoms with Gasteiger partial charge in [0.15, 0.2) is 5.69 Å². The summed E-state index contributed by atoms with van der Waals surface area (Å²) in [6.45, 7) is 0. The lowest BCUT2D eigenvalue weighted by Crippen LogP contribution is -2.28. The van der Waals surface area contributed by atoms with Crippen LogP contribution in [0.5, 0.6) is 0 Å². The highest BCUT2D eigenvalue weighted by Gasteiger charge is 2.09. The topological polar surface area (TPSA) is 86.1 Å². The Labute approximate surface area is 120 Å². The van der Waals surface area contributed by atoms with Crippen molar-refractivity contribution in [1.29, 1.82) is 0 Å². The monoisotopic (exact) mass is 279 g/mol. The molecule has 0 saturated heterocycles. The molecule has 1 aromatic heterocycles. The highest BCUT2D eigenvalue weighted by atomic mass is 16.3. The Morgan fingerprint density at radius 3 is 2.33 bits per heavy atom. The zero-order valence-corrected chi connectivity index (χ0v) is 10.9. The summed E-state index contributed by atoms with van der Waals surface area (Å²) in [6.07, 6.45) is 0. The first kappa shape index (κ1) is 12.9. The summed E-state index contributed by atoms with van der Waals surface area (Å²) in [5.41, 5.74) is 0.332. The smallest absolute Gasteiger partial charge is 0.299 e. The first-order valence-corrected chi connectivity index (χ1v) is 6.29. The van der Waals surface area contributed by atoms with E-state index in [1.165, 1.54) is 4.68 Å².